The number of H-pyrrole nitrogens is 1. The number of hydrogen-bond acceptors (Lipinski definition) is 8. The van der Waals surface area contributed by atoms with Gasteiger partial charge in [-0.15, -0.1) is 0 Å². The monoisotopic (exact) mass is 379 g/mol. The van der Waals surface area contributed by atoms with Gasteiger partial charge in [0.25, 0.3) is 5.56 Å². The number of aromatic amines is 1. The number of anilines is 1. The van der Waals surface area contributed by atoms with E-state index in [0.29, 0.717) is 0 Å². The number of carbonyl (C=O) groups is 2. The highest BCUT2D eigenvalue weighted by molar-refractivity contribution is 5.91. The summed E-state index contributed by atoms with van der Waals surface area (Å²) in [5.74, 6) is -1.06. The van der Waals surface area contributed by atoms with Crippen LogP contribution in [0.4, 0.5) is 5.95 Å². The lowest BCUT2D eigenvalue weighted by Gasteiger charge is -2.15. The minimum atomic E-state index is -0.696. The van der Waals surface area contributed by atoms with Gasteiger partial charge >= 0.3 is 5.97 Å². The molecule has 3 rings (SSSR count). The molecule has 27 heavy (non-hydrogen) atoms. The number of aliphatic hydroxyl groups is 1. The van der Waals surface area contributed by atoms with Crippen molar-refractivity contribution in [1.82, 2.24) is 19.5 Å². The smallest absolute Gasteiger partial charge is 0.302 e. The molecule has 0 saturated carbocycles. The van der Waals surface area contributed by atoms with Gasteiger partial charge in [0.15, 0.2) is 11.2 Å². The summed E-state index contributed by atoms with van der Waals surface area (Å²) >= 11 is 0. The van der Waals surface area contributed by atoms with E-state index in [9.17, 15) is 19.5 Å². The summed E-state index contributed by atoms with van der Waals surface area (Å²) in [5, 5.41) is 12.0. The number of ether oxygens (including phenoxy) is 2. The second-order valence-electron chi connectivity index (χ2n) is 6.58. The number of aliphatic hydroxyl groups excluding tert-OH is 1. The molecular formula is C16H21N5O6. The van der Waals surface area contributed by atoms with Crippen molar-refractivity contribution in [3.05, 3.63) is 16.7 Å². The van der Waals surface area contributed by atoms with Gasteiger partial charge < -0.3 is 14.6 Å². The van der Waals surface area contributed by atoms with Crippen molar-refractivity contribution in [2.75, 3.05) is 11.9 Å². The fourth-order valence-electron chi connectivity index (χ4n) is 2.83. The third kappa shape index (κ3) is 3.83. The highest BCUT2D eigenvalue weighted by Crippen LogP contribution is 2.32. The molecule has 2 aromatic rings. The average molecular weight is 379 g/mol. The maximum Gasteiger partial charge on any atom is 0.302 e. The zero-order chi connectivity index (χ0) is 19.7. The van der Waals surface area contributed by atoms with E-state index in [1.165, 1.54) is 17.8 Å². The first-order chi connectivity index (χ1) is 12.8. The number of esters is 1. The van der Waals surface area contributed by atoms with Crippen molar-refractivity contribution in [1.29, 1.82) is 0 Å². The fourth-order valence-corrected chi connectivity index (χ4v) is 2.83. The highest BCUT2D eigenvalue weighted by Gasteiger charge is 2.38. The third-order valence-electron chi connectivity index (χ3n) is 4.19. The lowest BCUT2D eigenvalue weighted by atomic mass is 10.2. The van der Waals surface area contributed by atoms with Gasteiger partial charge in [-0.05, 0) is 0 Å². The van der Waals surface area contributed by atoms with Crippen molar-refractivity contribution in [3.63, 3.8) is 0 Å². The summed E-state index contributed by atoms with van der Waals surface area (Å²) in [6, 6.07) is 0. The average Bonchev–Trinajstić information content (AvgIpc) is 3.18. The Kier molecular flexibility index (Phi) is 5.24. The Bertz CT molecular complexity index is 920. The first-order valence-corrected chi connectivity index (χ1v) is 8.51. The Morgan fingerprint density at radius 1 is 1.52 bits per heavy atom. The third-order valence-corrected chi connectivity index (χ3v) is 4.19. The molecule has 0 unspecified atom stereocenters. The highest BCUT2D eigenvalue weighted by atomic mass is 16.6. The Morgan fingerprint density at radius 3 is 2.89 bits per heavy atom. The van der Waals surface area contributed by atoms with E-state index in [1.54, 1.807) is 13.8 Å². The molecule has 0 radical (unpaired) electrons. The predicted molar refractivity (Wildman–Crippen MR) is 92.8 cm³/mol. The maximum absolute atomic E-state index is 12.2. The number of aromatic nitrogens is 4. The predicted octanol–water partition coefficient (Wildman–Crippen LogP) is -0.0744. The lowest BCUT2D eigenvalue weighted by molar-refractivity contribution is -0.150. The van der Waals surface area contributed by atoms with E-state index in [-0.39, 0.29) is 42.0 Å². The van der Waals surface area contributed by atoms with E-state index in [0.717, 1.165) is 0 Å². The van der Waals surface area contributed by atoms with Gasteiger partial charge in [-0.25, -0.2) is 4.98 Å². The Balaban J connectivity index is 1.93. The molecular weight excluding hydrogens is 358 g/mol. The van der Waals surface area contributed by atoms with Crippen LogP contribution in [0.15, 0.2) is 11.1 Å². The molecule has 146 valence electrons. The van der Waals surface area contributed by atoms with Crippen LogP contribution in [0.2, 0.25) is 0 Å². The van der Waals surface area contributed by atoms with Gasteiger partial charge in [0.2, 0.25) is 11.9 Å². The quantitative estimate of drug-likeness (QED) is 0.611. The van der Waals surface area contributed by atoms with Crippen molar-refractivity contribution >= 4 is 29.0 Å². The first-order valence-electron chi connectivity index (χ1n) is 8.51. The fraction of sp³-hybridized carbons (Fsp3) is 0.562. The molecule has 1 amide bonds. The minimum absolute atomic E-state index is 0.00110. The van der Waals surface area contributed by atoms with Crippen LogP contribution in [0, 0.1) is 5.92 Å². The molecule has 3 atom stereocenters. The molecule has 2 aromatic heterocycles. The summed E-state index contributed by atoms with van der Waals surface area (Å²) in [6.07, 6.45) is -0.316. The number of nitrogens with one attached hydrogen (secondary N) is 2. The van der Waals surface area contributed by atoms with E-state index in [2.05, 4.69) is 20.3 Å². The zero-order valence-corrected chi connectivity index (χ0v) is 15.1. The number of carbonyl (C=O) groups excluding carboxylic acids is 2. The topological polar surface area (TPSA) is 148 Å². The Labute approximate surface area is 153 Å². The standard InChI is InChI=1S/C16H21N5O6/c1-7(2)14(24)19-16-18-13-12(15(25)20-16)17-6-21(13)11-4-9(26-8(3)23)10(5-22)27-11/h6-7,9-11,22H,4-5H2,1-3H3,(H2,18,19,20,24,25)/t9-,10+,11+/m0/s1. The van der Waals surface area contributed by atoms with Crippen LogP contribution in [0.1, 0.15) is 33.4 Å². The van der Waals surface area contributed by atoms with Crippen LogP contribution in [0.3, 0.4) is 0 Å². The Morgan fingerprint density at radius 2 is 2.26 bits per heavy atom. The van der Waals surface area contributed by atoms with E-state index in [1.807, 2.05) is 0 Å². The van der Waals surface area contributed by atoms with Crippen LogP contribution < -0.4 is 10.9 Å². The van der Waals surface area contributed by atoms with Crippen molar-refractivity contribution in [2.24, 2.45) is 5.92 Å². The molecule has 0 spiro atoms. The lowest BCUT2D eigenvalue weighted by Crippen LogP contribution is -2.29. The van der Waals surface area contributed by atoms with Crippen LogP contribution in [0.5, 0.6) is 0 Å². The molecule has 0 aliphatic carbocycles. The molecule has 0 aromatic carbocycles. The number of rotatable bonds is 5. The maximum atomic E-state index is 12.2. The molecule has 11 nitrogen and oxygen atoms in total. The van der Waals surface area contributed by atoms with E-state index in [4.69, 9.17) is 9.47 Å². The Hall–Kier alpha value is -2.79. The summed E-state index contributed by atoms with van der Waals surface area (Å²) in [5.41, 5.74) is -0.216. The summed E-state index contributed by atoms with van der Waals surface area (Å²) in [4.78, 5) is 46.1. The summed E-state index contributed by atoms with van der Waals surface area (Å²) in [7, 11) is 0. The second kappa shape index (κ2) is 7.45. The van der Waals surface area contributed by atoms with Crippen molar-refractivity contribution < 1.29 is 24.2 Å². The van der Waals surface area contributed by atoms with Crippen LogP contribution >= 0.6 is 0 Å². The van der Waals surface area contributed by atoms with Crippen molar-refractivity contribution in [2.45, 2.75) is 45.6 Å². The number of amides is 1. The number of nitrogens with zero attached hydrogens (tertiary/aromatic N) is 3. The molecule has 1 fully saturated rings. The zero-order valence-electron chi connectivity index (χ0n) is 15.1. The van der Waals surface area contributed by atoms with Gasteiger partial charge in [0.05, 0.1) is 12.9 Å². The summed E-state index contributed by atoms with van der Waals surface area (Å²) < 4.78 is 12.4. The molecule has 1 aliphatic rings. The van der Waals surface area contributed by atoms with Crippen LogP contribution in [0.25, 0.3) is 11.2 Å². The number of hydrogen-bond donors (Lipinski definition) is 3. The molecule has 3 N–H and O–H groups in total. The number of fused-ring (bicyclic) bond motifs is 1. The van der Waals surface area contributed by atoms with Gasteiger partial charge in [0.1, 0.15) is 18.4 Å². The van der Waals surface area contributed by atoms with Gasteiger partial charge in [0, 0.05) is 19.3 Å². The molecule has 3 heterocycles. The largest absolute Gasteiger partial charge is 0.460 e. The number of imidazole rings is 1. The SMILES string of the molecule is CC(=O)O[C@H]1C[C@H](n2cnc3c(=O)[nH]c(NC(=O)C(C)C)nc32)O[C@@H]1CO. The van der Waals surface area contributed by atoms with Crippen LogP contribution in [-0.4, -0.2) is 55.3 Å². The summed E-state index contributed by atoms with van der Waals surface area (Å²) in [6.45, 7) is 4.38. The molecule has 11 heteroatoms. The van der Waals surface area contributed by atoms with Crippen molar-refractivity contribution in [3.8, 4) is 0 Å². The first kappa shape index (κ1) is 19.0. The normalized spacial score (nSPS) is 22.3. The van der Waals surface area contributed by atoms with Crippen LogP contribution in [-0.2, 0) is 19.1 Å². The van der Waals surface area contributed by atoms with E-state index >= 15 is 0 Å². The minimum Gasteiger partial charge on any atom is -0.460 e. The van der Waals surface area contributed by atoms with E-state index < -0.39 is 30.0 Å². The molecule has 1 saturated heterocycles. The molecule has 1 aliphatic heterocycles. The molecule has 0 bridgehead atoms. The second-order valence-corrected chi connectivity index (χ2v) is 6.58. The van der Waals surface area contributed by atoms with Gasteiger partial charge in [-0.2, -0.15) is 4.98 Å². The van der Waals surface area contributed by atoms with Gasteiger partial charge in [-0.3, -0.25) is 29.3 Å². The van der Waals surface area contributed by atoms with Gasteiger partial charge in [-0.1, -0.05) is 13.8 Å².